The lowest BCUT2D eigenvalue weighted by Crippen LogP contribution is -2.17. The van der Waals surface area contributed by atoms with E-state index >= 15 is 0 Å². The van der Waals surface area contributed by atoms with Crippen LogP contribution in [0.2, 0.25) is 0 Å². The Bertz CT molecular complexity index is 521. The molecule has 0 bridgehead atoms. The minimum absolute atomic E-state index is 0.173. The molecule has 0 aliphatic carbocycles. The van der Waals surface area contributed by atoms with Gasteiger partial charge in [0.05, 0.1) is 18.0 Å². The number of hydrogen-bond acceptors (Lipinski definition) is 4. The summed E-state index contributed by atoms with van der Waals surface area (Å²) in [7, 11) is -1.00. The molecule has 20 heavy (non-hydrogen) atoms. The topological polar surface area (TPSA) is 64.0 Å². The molecule has 0 spiro atoms. The molecule has 5 nitrogen and oxygen atoms in total. The van der Waals surface area contributed by atoms with Crippen LogP contribution in [0.4, 0.5) is 0 Å². The predicted octanol–water partition coefficient (Wildman–Crippen LogP) is 1.20. The lowest BCUT2D eigenvalue weighted by Gasteiger charge is -2.08. The molecule has 1 rings (SSSR count). The Kier molecular flexibility index (Phi) is 6.68. The molecule has 0 fully saturated rings. The van der Waals surface area contributed by atoms with Gasteiger partial charge in [0.25, 0.3) is 0 Å². The van der Waals surface area contributed by atoms with Crippen LogP contribution in [0.5, 0.6) is 0 Å². The lowest BCUT2D eigenvalue weighted by molar-refractivity contribution is 0.573. The second-order valence-corrected chi connectivity index (χ2v) is 7.36. The van der Waals surface area contributed by atoms with Gasteiger partial charge in [0.1, 0.15) is 0 Å². The van der Waals surface area contributed by atoms with E-state index in [9.17, 15) is 8.42 Å². The first kappa shape index (κ1) is 17.2. The first-order valence-corrected chi connectivity index (χ1v) is 9.23. The number of nitrogens with zero attached hydrogens (tertiary/aromatic N) is 2. The Balaban J connectivity index is 2.98. The van der Waals surface area contributed by atoms with Crippen molar-refractivity contribution in [3.8, 4) is 0 Å². The molecule has 0 saturated carbocycles. The van der Waals surface area contributed by atoms with Gasteiger partial charge < -0.3 is 5.32 Å². The van der Waals surface area contributed by atoms with Crippen LogP contribution in [-0.2, 0) is 35.6 Å². The molecular formula is C14H27N3O2S. The molecule has 0 saturated heterocycles. The minimum Gasteiger partial charge on any atom is -0.319 e. The van der Waals surface area contributed by atoms with Crippen molar-refractivity contribution in [1.29, 1.82) is 0 Å². The quantitative estimate of drug-likeness (QED) is 0.744. The van der Waals surface area contributed by atoms with Crippen molar-refractivity contribution in [1.82, 2.24) is 15.1 Å². The van der Waals surface area contributed by atoms with Gasteiger partial charge in [0.15, 0.2) is 9.84 Å². The van der Waals surface area contributed by atoms with Gasteiger partial charge in [0.2, 0.25) is 0 Å². The van der Waals surface area contributed by atoms with Crippen LogP contribution in [0.15, 0.2) is 0 Å². The van der Waals surface area contributed by atoms with Crippen LogP contribution >= 0.6 is 0 Å². The van der Waals surface area contributed by atoms with Gasteiger partial charge in [-0.25, -0.2) is 8.42 Å². The Morgan fingerprint density at radius 1 is 1.20 bits per heavy atom. The monoisotopic (exact) mass is 301 g/mol. The first-order valence-electron chi connectivity index (χ1n) is 7.41. The van der Waals surface area contributed by atoms with Crippen LogP contribution in [0.25, 0.3) is 0 Å². The van der Waals surface area contributed by atoms with E-state index < -0.39 is 9.84 Å². The summed E-state index contributed by atoms with van der Waals surface area (Å²) in [6.45, 7) is 7.27. The van der Waals surface area contributed by atoms with Crippen LogP contribution in [0, 0.1) is 0 Å². The largest absolute Gasteiger partial charge is 0.319 e. The van der Waals surface area contributed by atoms with Crippen molar-refractivity contribution in [3.63, 3.8) is 0 Å². The Morgan fingerprint density at radius 3 is 2.40 bits per heavy atom. The number of aryl methyl sites for hydroxylation is 2. The van der Waals surface area contributed by atoms with Crippen LogP contribution < -0.4 is 5.32 Å². The number of rotatable bonds is 9. The van der Waals surface area contributed by atoms with Crippen molar-refractivity contribution in [2.75, 3.05) is 25.1 Å². The molecule has 116 valence electrons. The number of sulfone groups is 1. The highest BCUT2D eigenvalue weighted by Gasteiger charge is 2.16. The molecule has 6 heteroatoms. The smallest absolute Gasteiger partial charge is 0.151 e. The highest BCUT2D eigenvalue weighted by molar-refractivity contribution is 7.91. The van der Waals surface area contributed by atoms with Crippen molar-refractivity contribution < 1.29 is 8.42 Å². The van der Waals surface area contributed by atoms with E-state index in [1.165, 1.54) is 11.3 Å². The summed E-state index contributed by atoms with van der Waals surface area (Å²) in [6.07, 6.45) is 2.72. The lowest BCUT2D eigenvalue weighted by atomic mass is 10.1. The molecular weight excluding hydrogens is 274 g/mol. The zero-order chi connectivity index (χ0) is 15.2. The highest BCUT2D eigenvalue weighted by Crippen LogP contribution is 2.17. The summed E-state index contributed by atoms with van der Waals surface area (Å²) in [5.41, 5.74) is 3.58. The average Bonchev–Trinajstić information content (AvgIpc) is 2.79. The zero-order valence-electron chi connectivity index (χ0n) is 13.1. The molecule has 1 N–H and O–H groups in total. The van der Waals surface area contributed by atoms with Crippen molar-refractivity contribution in [3.05, 3.63) is 17.0 Å². The predicted molar refractivity (Wildman–Crippen MR) is 82.9 cm³/mol. The number of aromatic nitrogens is 2. The summed E-state index contributed by atoms with van der Waals surface area (Å²) in [6, 6.07) is 0. The van der Waals surface area contributed by atoms with Gasteiger partial charge >= 0.3 is 0 Å². The standard InChI is InChI=1S/C14H27N3O2S/c1-5-13-12(8-9-15-4)14(6-2)17(16-13)10-11-20(18,19)7-3/h15H,5-11H2,1-4H3. The van der Waals surface area contributed by atoms with Crippen LogP contribution in [0.1, 0.15) is 37.7 Å². The first-order chi connectivity index (χ1) is 9.49. The third-order valence-corrected chi connectivity index (χ3v) is 5.28. The van der Waals surface area contributed by atoms with Crippen molar-refractivity contribution in [2.45, 2.75) is 46.6 Å². The molecule has 0 radical (unpaired) electrons. The highest BCUT2D eigenvalue weighted by atomic mass is 32.2. The summed E-state index contributed by atoms with van der Waals surface area (Å²) >= 11 is 0. The van der Waals surface area contributed by atoms with E-state index in [0.717, 1.165) is 31.5 Å². The molecule has 1 heterocycles. The number of nitrogens with one attached hydrogen (secondary N) is 1. The Labute approximate surface area is 122 Å². The molecule has 0 aromatic carbocycles. The third-order valence-electron chi connectivity index (χ3n) is 3.60. The minimum atomic E-state index is -2.94. The molecule has 0 unspecified atom stereocenters. The molecule has 0 aliphatic heterocycles. The third kappa shape index (κ3) is 4.31. The summed E-state index contributed by atoms with van der Waals surface area (Å²) in [5.74, 6) is 0.371. The van der Waals surface area contributed by atoms with Gasteiger partial charge in [0, 0.05) is 11.4 Å². The fourth-order valence-electron chi connectivity index (χ4n) is 2.36. The maximum absolute atomic E-state index is 11.7. The molecule has 1 aromatic rings. The van der Waals surface area contributed by atoms with E-state index in [4.69, 9.17) is 0 Å². The number of hydrogen-bond donors (Lipinski definition) is 1. The summed E-state index contributed by atoms with van der Waals surface area (Å²) in [5, 5.41) is 7.77. The fourth-order valence-corrected chi connectivity index (χ4v) is 3.10. The van der Waals surface area contributed by atoms with Crippen LogP contribution in [-0.4, -0.2) is 43.3 Å². The van der Waals surface area contributed by atoms with Gasteiger partial charge in [-0.15, -0.1) is 0 Å². The van der Waals surface area contributed by atoms with E-state index in [-0.39, 0.29) is 11.5 Å². The maximum Gasteiger partial charge on any atom is 0.151 e. The maximum atomic E-state index is 11.7. The molecule has 0 amide bonds. The van der Waals surface area contributed by atoms with E-state index in [0.29, 0.717) is 6.54 Å². The van der Waals surface area contributed by atoms with Crippen molar-refractivity contribution >= 4 is 9.84 Å². The van der Waals surface area contributed by atoms with Crippen molar-refractivity contribution in [2.24, 2.45) is 0 Å². The fraction of sp³-hybridized carbons (Fsp3) is 0.786. The second kappa shape index (κ2) is 7.78. The number of likely N-dealkylation sites (N-methyl/N-ethyl adjacent to an activating group) is 1. The summed E-state index contributed by atoms with van der Waals surface area (Å²) in [4.78, 5) is 0. The Morgan fingerprint density at radius 2 is 1.90 bits per heavy atom. The second-order valence-electron chi connectivity index (χ2n) is 4.89. The van der Waals surface area contributed by atoms with Crippen LogP contribution in [0.3, 0.4) is 0 Å². The zero-order valence-corrected chi connectivity index (χ0v) is 13.9. The SMILES string of the molecule is CCc1nn(CCS(=O)(=O)CC)c(CC)c1CCNC. The average molecular weight is 301 g/mol. The summed E-state index contributed by atoms with van der Waals surface area (Å²) < 4.78 is 25.2. The van der Waals surface area contributed by atoms with E-state index in [1.807, 2.05) is 11.7 Å². The molecule has 1 aromatic heterocycles. The van der Waals surface area contributed by atoms with Gasteiger partial charge in [-0.1, -0.05) is 20.8 Å². The molecule has 0 aliphatic rings. The van der Waals surface area contributed by atoms with Gasteiger partial charge in [-0.2, -0.15) is 5.10 Å². The van der Waals surface area contributed by atoms with E-state index in [2.05, 4.69) is 24.3 Å². The van der Waals surface area contributed by atoms with E-state index in [1.54, 1.807) is 6.92 Å². The van der Waals surface area contributed by atoms with Gasteiger partial charge in [-0.3, -0.25) is 4.68 Å². The normalized spacial score (nSPS) is 12.0. The van der Waals surface area contributed by atoms with Gasteiger partial charge in [-0.05, 0) is 38.4 Å². The molecule has 0 atom stereocenters. The Hall–Kier alpha value is -0.880.